The molecule has 14 atom stereocenters. The summed E-state index contributed by atoms with van der Waals surface area (Å²) in [5.74, 6) is -0.482. The van der Waals surface area contributed by atoms with Crippen molar-refractivity contribution in [3.8, 4) is 0 Å². The van der Waals surface area contributed by atoms with Crippen molar-refractivity contribution in [1.82, 2.24) is 0 Å². The zero-order valence-electron chi connectivity index (χ0n) is 25.3. The Morgan fingerprint density at radius 2 is 1.77 bits per heavy atom. The first-order chi connectivity index (χ1) is 18.8. The molecule has 5 rings (SSSR count). The van der Waals surface area contributed by atoms with Crippen molar-refractivity contribution in [2.75, 3.05) is 6.61 Å². The van der Waals surface area contributed by atoms with Crippen LogP contribution in [0.25, 0.3) is 0 Å². The average Bonchev–Trinajstić information content (AvgIpc) is 3.06. The van der Waals surface area contributed by atoms with E-state index in [1.807, 2.05) is 27.7 Å². The van der Waals surface area contributed by atoms with Crippen molar-refractivity contribution in [2.24, 2.45) is 58.2 Å². The predicted molar refractivity (Wildman–Crippen MR) is 148 cm³/mol. The quantitative estimate of drug-likeness (QED) is 0.302. The topological polar surface area (TPSA) is 123 Å². The van der Waals surface area contributed by atoms with Crippen LogP contribution in [0.15, 0.2) is 0 Å². The van der Waals surface area contributed by atoms with E-state index in [4.69, 9.17) is 14.2 Å². The van der Waals surface area contributed by atoms with Crippen LogP contribution in [0.5, 0.6) is 0 Å². The lowest BCUT2D eigenvalue weighted by Crippen LogP contribution is -2.60. The van der Waals surface area contributed by atoms with E-state index in [0.29, 0.717) is 25.2 Å². The molecule has 3 N–H and O–H groups in total. The standard InChI is InChI=1S/C32H52O8/c1-16(2)11-26(34)40-27-18(4)17(3)24(15-33)39-30(27)38-21-12-22(29(36)37)23-9-10-32-13-20(19(5)28(32)35)7-8-25(32)31(23,6)14-21/h16-25,27-28,30,33,35H,7-15H2,1-6H3,(H,36,37)/t17?,18-,19?,20?,21?,22?,23?,24?,25?,27?,28?,30?,31?,32?/m1/s1. The highest BCUT2D eigenvalue weighted by atomic mass is 16.7. The number of ether oxygens (including phenoxy) is 3. The minimum Gasteiger partial charge on any atom is -0.481 e. The van der Waals surface area contributed by atoms with Gasteiger partial charge in [0.2, 0.25) is 0 Å². The molecule has 1 heterocycles. The Morgan fingerprint density at radius 3 is 2.42 bits per heavy atom. The van der Waals surface area contributed by atoms with Crippen LogP contribution in [0.3, 0.4) is 0 Å². The van der Waals surface area contributed by atoms with Gasteiger partial charge in [-0.15, -0.1) is 0 Å². The summed E-state index contributed by atoms with van der Waals surface area (Å²) in [5, 5.41) is 32.0. The number of carbonyl (C=O) groups excluding carboxylic acids is 1. The molecule has 4 saturated carbocycles. The van der Waals surface area contributed by atoms with Gasteiger partial charge < -0.3 is 29.5 Å². The number of aliphatic hydroxyl groups excluding tert-OH is 2. The van der Waals surface area contributed by atoms with Gasteiger partial charge >= 0.3 is 11.9 Å². The molecule has 0 aromatic carbocycles. The van der Waals surface area contributed by atoms with Gasteiger partial charge in [-0.2, -0.15) is 0 Å². The summed E-state index contributed by atoms with van der Waals surface area (Å²) in [6, 6.07) is 0. The van der Waals surface area contributed by atoms with Crippen LogP contribution in [0.4, 0.5) is 0 Å². The van der Waals surface area contributed by atoms with Crippen LogP contribution < -0.4 is 0 Å². The number of fused-ring (bicyclic) bond motifs is 3. The van der Waals surface area contributed by atoms with E-state index in [2.05, 4.69) is 13.8 Å². The smallest absolute Gasteiger partial charge is 0.306 e. The lowest BCUT2D eigenvalue weighted by atomic mass is 9.43. The molecule has 228 valence electrons. The maximum absolute atomic E-state index is 12.7. The van der Waals surface area contributed by atoms with Crippen molar-refractivity contribution < 1.29 is 39.1 Å². The number of carboxylic acids is 1. The maximum Gasteiger partial charge on any atom is 0.306 e. The molecular weight excluding hydrogens is 512 g/mol. The van der Waals surface area contributed by atoms with Crippen molar-refractivity contribution in [3.05, 3.63) is 0 Å². The highest BCUT2D eigenvalue weighted by Gasteiger charge is 2.67. The summed E-state index contributed by atoms with van der Waals surface area (Å²) in [5.41, 5.74) is -0.422. The predicted octanol–water partition coefficient (Wildman–Crippen LogP) is 4.64. The number of aliphatic hydroxyl groups is 2. The molecule has 1 spiro atoms. The van der Waals surface area contributed by atoms with Gasteiger partial charge in [0.1, 0.15) is 0 Å². The zero-order chi connectivity index (χ0) is 29.1. The van der Waals surface area contributed by atoms with E-state index >= 15 is 0 Å². The van der Waals surface area contributed by atoms with Gasteiger partial charge in [0.15, 0.2) is 12.4 Å². The van der Waals surface area contributed by atoms with Crippen LogP contribution >= 0.6 is 0 Å². The van der Waals surface area contributed by atoms with Crippen molar-refractivity contribution in [3.63, 3.8) is 0 Å². The number of carboxylic acid groups (broad SMARTS) is 1. The fourth-order valence-electron chi connectivity index (χ4n) is 10.2. The Morgan fingerprint density at radius 1 is 1.05 bits per heavy atom. The molecule has 40 heavy (non-hydrogen) atoms. The molecule has 2 bridgehead atoms. The minimum atomic E-state index is -0.871. The summed E-state index contributed by atoms with van der Waals surface area (Å²) < 4.78 is 18.9. The first-order valence-corrected chi connectivity index (χ1v) is 15.8. The molecule has 0 radical (unpaired) electrons. The maximum atomic E-state index is 12.7. The third-order valence-electron chi connectivity index (χ3n) is 12.4. The molecule has 13 unspecified atom stereocenters. The second kappa shape index (κ2) is 11.1. The highest BCUT2D eigenvalue weighted by Crippen LogP contribution is 2.71. The third-order valence-corrected chi connectivity index (χ3v) is 12.4. The molecule has 0 aromatic heterocycles. The van der Waals surface area contributed by atoms with Gasteiger partial charge in [-0.25, -0.2) is 0 Å². The number of esters is 1. The highest BCUT2D eigenvalue weighted by molar-refractivity contribution is 5.71. The van der Waals surface area contributed by atoms with Gasteiger partial charge in [0, 0.05) is 17.8 Å². The van der Waals surface area contributed by atoms with Crippen LogP contribution in [-0.4, -0.2) is 64.6 Å². The first-order valence-electron chi connectivity index (χ1n) is 15.8. The van der Waals surface area contributed by atoms with Crippen LogP contribution in [0.2, 0.25) is 0 Å². The fourth-order valence-corrected chi connectivity index (χ4v) is 10.2. The molecule has 5 aliphatic rings. The summed E-state index contributed by atoms with van der Waals surface area (Å²) in [7, 11) is 0. The van der Waals surface area contributed by atoms with E-state index in [-0.39, 0.29) is 71.1 Å². The summed E-state index contributed by atoms with van der Waals surface area (Å²) >= 11 is 0. The Balaban J connectivity index is 1.42. The lowest BCUT2D eigenvalue weighted by Gasteiger charge is -2.62. The number of carbonyl (C=O) groups is 2. The second-order valence-corrected chi connectivity index (χ2v) is 14.9. The lowest BCUT2D eigenvalue weighted by molar-refractivity contribution is -0.303. The van der Waals surface area contributed by atoms with Crippen LogP contribution in [0, 0.1) is 58.2 Å². The molecule has 8 heteroatoms. The number of aliphatic carboxylic acids is 1. The molecule has 8 nitrogen and oxygen atoms in total. The molecule has 1 aliphatic heterocycles. The van der Waals surface area contributed by atoms with Crippen molar-refractivity contribution in [2.45, 2.75) is 124 Å². The average molecular weight is 565 g/mol. The van der Waals surface area contributed by atoms with Gasteiger partial charge in [0.25, 0.3) is 0 Å². The largest absolute Gasteiger partial charge is 0.481 e. The first kappa shape index (κ1) is 30.2. The van der Waals surface area contributed by atoms with Crippen LogP contribution in [0.1, 0.15) is 92.9 Å². The monoisotopic (exact) mass is 564 g/mol. The SMILES string of the molecule is CC(C)CC(=O)OC1C(OC2CC(C(=O)O)C3CCC45CC(CCC4C3(C)C2)C(C)C5O)OC(CO)C(C)[C@H]1C. The minimum absolute atomic E-state index is 0.0382. The number of rotatable bonds is 7. The second-order valence-electron chi connectivity index (χ2n) is 14.9. The van der Waals surface area contributed by atoms with Crippen molar-refractivity contribution in [1.29, 1.82) is 0 Å². The Bertz CT molecular complexity index is 953. The van der Waals surface area contributed by atoms with E-state index in [1.54, 1.807) is 0 Å². The summed E-state index contributed by atoms with van der Waals surface area (Å²) in [6.45, 7) is 12.2. The Hall–Kier alpha value is -1.22. The molecule has 4 aliphatic carbocycles. The van der Waals surface area contributed by atoms with Gasteiger partial charge in [0.05, 0.1) is 30.8 Å². The summed E-state index contributed by atoms with van der Waals surface area (Å²) in [6.07, 6.45) is 3.57. The molecule has 5 fully saturated rings. The van der Waals surface area contributed by atoms with E-state index in [9.17, 15) is 24.9 Å². The molecule has 0 aromatic rings. The van der Waals surface area contributed by atoms with Gasteiger partial charge in [-0.05, 0) is 85.9 Å². The van der Waals surface area contributed by atoms with E-state index in [0.717, 1.165) is 32.1 Å². The Labute approximate surface area is 239 Å². The van der Waals surface area contributed by atoms with E-state index < -0.39 is 30.4 Å². The zero-order valence-corrected chi connectivity index (χ0v) is 25.3. The Kier molecular flexibility index (Phi) is 8.41. The van der Waals surface area contributed by atoms with E-state index in [1.165, 1.54) is 0 Å². The molecular formula is C32H52O8. The third kappa shape index (κ3) is 4.92. The molecule has 0 amide bonds. The normalized spacial score (nSPS) is 50.2. The summed E-state index contributed by atoms with van der Waals surface area (Å²) in [4.78, 5) is 25.4. The fraction of sp³-hybridized carbons (Fsp3) is 0.938. The van der Waals surface area contributed by atoms with Gasteiger partial charge in [-0.3, -0.25) is 9.59 Å². The van der Waals surface area contributed by atoms with Crippen LogP contribution in [-0.2, 0) is 23.8 Å². The number of hydrogen-bond acceptors (Lipinski definition) is 7. The van der Waals surface area contributed by atoms with Gasteiger partial charge in [-0.1, -0.05) is 41.5 Å². The van der Waals surface area contributed by atoms with Crippen molar-refractivity contribution >= 4 is 11.9 Å². The molecule has 1 saturated heterocycles. The number of hydrogen-bond donors (Lipinski definition) is 3.